The van der Waals surface area contributed by atoms with Crippen molar-refractivity contribution in [1.29, 1.82) is 5.26 Å². The number of urea groups is 1. The number of carbonyl (C=O) groups excluding carboxylic acids is 3. The minimum absolute atomic E-state index is 0.220. The van der Waals surface area contributed by atoms with E-state index in [0.717, 1.165) is 4.90 Å². The van der Waals surface area contributed by atoms with Gasteiger partial charge >= 0.3 is 6.03 Å². The summed E-state index contributed by atoms with van der Waals surface area (Å²) >= 11 is 12.1. The lowest BCUT2D eigenvalue weighted by Gasteiger charge is -2.23. The maximum Gasteiger partial charge on any atom is 0.325 e. The van der Waals surface area contributed by atoms with Crippen molar-refractivity contribution in [2.45, 2.75) is 12.5 Å². The Morgan fingerprint density at radius 1 is 1.25 bits per heavy atom. The van der Waals surface area contributed by atoms with E-state index in [1.165, 1.54) is 13.0 Å². The Morgan fingerprint density at radius 2 is 1.96 bits per heavy atom. The summed E-state index contributed by atoms with van der Waals surface area (Å²) in [6, 6.07) is 12.2. The zero-order valence-corrected chi connectivity index (χ0v) is 16.1. The standard InChI is InChI=1S/C19H14Cl2N4O3/c1-19(13-7-6-12(20)8-14(13)21)17(27)25(18(28)24-19)10-16(26)23-15-5-3-2-4-11(15)9-22/h2-8H,10H2,1H3,(H,23,26)(H,24,28). The number of benzene rings is 2. The molecule has 1 saturated heterocycles. The third-order valence-electron chi connectivity index (χ3n) is 4.37. The molecular formula is C19H14Cl2N4O3. The average molecular weight is 417 g/mol. The van der Waals surface area contributed by atoms with Crippen LogP contribution in [0.5, 0.6) is 0 Å². The Kier molecular flexibility index (Phi) is 5.27. The van der Waals surface area contributed by atoms with Gasteiger partial charge in [-0.3, -0.25) is 14.5 Å². The van der Waals surface area contributed by atoms with Crippen molar-refractivity contribution in [3.8, 4) is 6.07 Å². The van der Waals surface area contributed by atoms with Crippen LogP contribution in [-0.2, 0) is 15.1 Å². The first-order valence-corrected chi connectivity index (χ1v) is 8.90. The molecule has 1 atom stereocenters. The highest BCUT2D eigenvalue weighted by molar-refractivity contribution is 6.35. The number of carbonyl (C=O) groups is 3. The van der Waals surface area contributed by atoms with Crippen LogP contribution < -0.4 is 10.6 Å². The summed E-state index contributed by atoms with van der Waals surface area (Å²) in [4.78, 5) is 38.4. The summed E-state index contributed by atoms with van der Waals surface area (Å²) in [6.07, 6.45) is 0. The summed E-state index contributed by atoms with van der Waals surface area (Å²) in [6.45, 7) is 0.996. The van der Waals surface area contributed by atoms with Gasteiger partial charge in [-0.15, -0.1) is 0 Å². The van der Waals surface area contributed by atoms with Crippen molar-refractivity contribution in [3.05, 3.63) is 63.6 Å². The molecule has 1 unspecified atom stereocenters. The number of halogens is 2. The van der Waals surface area contributed by atoms with E-state index in [0.29, 0.717) is 16.3 Å². The van der Waals surface area contributed by atoms with Gasteiger partial charge in [0.25, 0.3) is 5.91 Å². The molecule has 4 amide bonds. The molecule has 1 fully saturated rings. The molecule has 28 heavy (non-hydrogen) atoms. The van der Waals surface area contributed by atoms with E-state index in [4.69, 9.17) is 28.5 Å². The van der Waals surface area contributed by atoms with Gasteiger partial charge in [-0.05, 0) is 31.2 Å². The summed E-state index contributed by atoms with van der Waals surface area (Å²) in [5.74, 6) is -1.23. The summed E-state index contributed by atoms with van der Waals surface area (Å²) in [5.41, 5.74) is -0.491. The molecule has 2 aromatic rings. The number of para-hydroxylation sites is 1. The number of hydrogen-bond donors (Lipinski definition) is 2. The van der Waals surface area contributed by atoms with E-state index in [1.807, 2.05) is 6.07 Å². The number of nitriles is 1. The van der Waals surface area contributed by atoms with Crippen LogP contribution in [0.2, 0.25) is 10.0 Å². The van der Waals surface area contributed by atoms with Gasteiger partial charge in [0.05, 0.1) is 11.3 Å². The van der Waals surface area contributed by atoms with Gasteiger partial charge in [0.2, 0.25) is 5.91 Å². The lowest BCUT2D eigenvalue weighted by atomic mass is 9.92. The van der Waals surface area contributed by atoms with Gasteiger partial charge in [0, 0.05) is 15.6 Å². The van der Waals surface area contributed by atoms with Gasteiger partial charge < -0.3 is 10.6 Å². The second-order valence-corrected chi connectivity index (χ2v) is 7.12. The van der Waals surface area contributed by atoms with Crippen molar-refractivity contribution in [2.75, 3.05) is 11.9 Å². The highest BCUT2D eigenvalue weighted by Gasteiger charge is 2.50. The van der Waals surface area contributed by atoms with Gasteiger partial charge in [0.1, 0.15) is 18.2 Å². The first-order chi connectivity index (χ1) is 13.3. The third-order valence-corrected chi connectivity index (χ3v) is 4.92. The number of amides is 4. The van der Waals surface area contributed by atoms with Crippen molar-refractivity contribution in [1.82, 2.24) is 10.2 Å². The van der Waals surface area contributed by atoms with Crippen molar-refractivity contribution >= 4 is 46.7 Å². The average Bonchev–Trinajstić information content (AvgIpc) is 2.86. The molecule has 1 heterocycles. The Morgan fingerprint density at radius 3 is 2.64 bits per heavy atom. The number of hydrogen-bond acceptors (Lipinski definition) is 4. The second-order valence-electron chi connectivity index (χ2n) is 6.28. The normalized spacial score (nSPS) is 18.6. The van der Waals surface area contributed by atoms with Crippen LogP contribution in [0, 0.1) is 11.3 Å². The fourth-order valence-corrected chi connectivity index (χ4v) is 3.54. The number of rotatable bonds is 4. The van der Waals surface area contributed by atoms with Crippen molar-refractivity contribution in [2.24, 2.45) is 0 Å². The fourth-order valence-electron chi connectivity index (χ4n) is 2.94. The van der Waals surface area contributed by atoms with E-state index in [2.05, 4.69) is 10.6 Å². The molecule has 0 aromatic heterocycles. The third kappa shape index (κ3) is 3.52. The molecule has 3 rings (SSSR count). The molecule has 7 nitrogen and oxygen atoms in total. The zero-order chi connectivity index (χ0) is 20.5. The Bertz CT molecular complexity index is 1030. The summed E-state index contributed by atoms with van der Waals surface area (Å²) < 4.78 is 0. The largest absolute Gasteiger partial charge is 0.325 e. The highest BCUT2D eigenvalue weighted by atomic mass is 35.5. The first kappa shape index (κ1) is 19.7. The Balaban J connectivity index is 1.80. The predicted molar refractivity (Wildman–Crippen MR) is 104 cm³/mol. The molecule has 9 heteroatoms. The van der Waals surface area contributed by atoms with E-state index < -0.39 is 29.9 Å². The van der Waals surface area contributed by atoms with E-state index >= 15 is 0 Å². The summed E-state index contributed by atoms with van der Waals surface area (Å²) in [7, 11) is 0. The van der Waals surface area contributed by atoms with Gasteiger partial charge in [-0.1, -0.05) is 41.4 Å². The molecule has 1 aliphatic rings. The van der Waals surface area contributed by atoms with Crippen LogP contribution in [0.4, 0.5) is 10.5 Å². The quantitative estimate of drug-likeness (QED) is 0.746. The van der Waals surface area contributed by atoms with Crippen molar-refractivity contribution in [3.63, 3.8) is 0 Å². The molecule has 0 radical (unpaired) electrons. The molecular weight excluding hydrogens is 403 g/mol. The van der Waals surface area contributed by atoms with Crippen LogP contribution in [-0.4, -0.2) is 29.3 Å². The molecule has 0 aliphatic carbocycles. The zero-order valence-electron chi connectivity index (χ0n) is 14.6. The lowest BCUT2D eigenvalue weighted by Crippen LogP contribution is -2.42. The van der Waals surface area contributed by atoms with Crippen LogP contribution in [0.25, 0.3) is 0 Å². The predicted octanol–water partition coefficient (Wildman–Crippen LogP) is 3.27. The summed E-state index contributed by atoms with van der Waals surface area (Å²) in [5, 5.41) is 14.8. The second kappa shape index (κ2) is 7.50. The van der Waals surface area contributed by atoms with Crippen molar-refractivity contribution < 1.29 is 14.4 Å². The lowest BCUT2D eigenvalue weighted by molar-refractivity contribution is -0.133. The topological polar surface area (TPSA) is 102 Å². The minimum Gasteiger partial charge on any atom is -0.323 e. The Labute approximate surface area is 170 Å². The number of anilines is 1. The number of nitrogens with zero attached hydrogens (tertiary/aromatic N) is 2. The van der Waals surface area contributed by atoms with Crippen LogP contribution in [0.1, 0.15) is 18.1 Å². The van der Waals surface area contributed by atoms with E-state index in [9.17, 15) is 14.4 Å². The molecule has 2 aromatic carbocycles. The molecule has 1 aliphatic heterocycles. The molecule has 2 N–H and O–H groups in total. The van der Waals surface area contributed by atoms with E-state index in [1.54, 1.807) is 36.4 Å². The van der Waals surface area contributed by atoms with Gasteiger partial charge in [0.15, 0.2) is 0 Å². The van der Waals surface area contributed by atoms with Crippen LogP contribution >= 0.6 is 23.2 Å². The van der Waals surface area contributed by atoms with Crippen LogP contribution in [0.15, 0.2) is 42.5 Å². The highest BCUT2D eigenvalue weighted by Crippen LogP contribution is 2.34. The minimum atomic E-state index is -1.43. The maximum atomic E-state index is 12.9. The Hall–Kier alpha value is -3.08. The molecule has 0 bridgehead atoms. The maximum absolute atomic E-state index is 12.9. The fraction of sp³-hybridized carbons (Fsp3) is 0.158. The smallest absolute Gasteiger partial charge is 0.323 e. The van der Waals surface area contributed by atoms with E-state index in [-0.39, 0.29) is 10.6 Å². The number of imide groups is 1. The monoisotopic (exact) mass is 416 g/mol. The number of nitrogens with one attached hydrogen (secondary N) is 2. The van der Waals surface area contributed by atoms with Gasteiger partial charge in [-0.25, -0.2) is 4.79 Å². The first-order valence-electron chi connectivity index (χ1n) is 8.15. The molecule has 0 saturated carbocycles. The SMILES string of the molecule is CC1(c2ccc(Cl)cc2Cl)NC(=O)N(CC(=O)Nc2ccccc2C#N)C1=O. The van der Waals surface area contributed by atoms with Crippen LogP contribution in [0.3, 0.4) is 0 Å². The molecule has 0 spiro atoms. The van der Waals surface area contributed by atoms with Gasteiger partial charge in [-0.2, -0.15) is 5.26 Å². The molecule has 142 valence electrons.